The standard InChI is InChI=1S/C26H42N6O4S/c1-17-15-18(2)23(19(3)16-17)37(35,36)31-26(28)29-13-7-11-21(27)25(34)32-14-8-12-22(32)24(33)30-20-9-5-4-6-10-20/h15-16,20-22H,4-14,27H2,1-3H3,(H,30,33)(H3,28,29,31)/t21-,22-/m0/s1. The van der Waals surface area contributed by atoms with Crippen LogP contribution in [-0.2, 0) is 19.6 Å². The van der Waals surface area contributed by atoms with E-state index in [1.54, 1.807) is 30.9 Å². The van der Waals surface area contributed by atoms with Crippen molar-refractivity contribution in [3.63, 3.8) is 0 Å². The van der Waals surface area contributed by atoms with Crippen molar-refractivity contribution < 1.29 is 18.0 Å². The first-order valence-electron chi connectivity index (χ1n) is 13.3. The van der Waals surface area contributed by atoms with E-state index < -0.39 is 22.1 Å². The van der Waals surface area contributed by atoms with Crippen molar-refractivity contribution in [2.24, 2.45) is 16.5 Å². The zero-order chi connectivity index (χ0) is 27.2. The maximum absolute atomic E-state index is 13.0. The molecule has 2 atom stereocenters. The highest BCUT2D eigenvalue weighted by atomic mass is 32.2. The predicted molar refractivity (Wildman–Crippen MR) is 144 cm³/mol. The number of nitrogens with one attached hydrogen (secondary N) is 2. The van der Waals surface area contributed by atoms with Gasteiger partial charge in [-0.05, 0) is 70.4 Å². The fourth-order valence-electron chi connectivity index (χ4n) is 5.51. The third-order valence-corrected chi connectivity index (χ3v) is 8.83. The summed E-state index contributed by atoms with van der Waals surface area (Å²) < 4.78 is 27.9. The van der Waals surface area contributed by atoms with Gasteiger partial charge < -0.3 is 21.7 Å². The van der Waals surface area contributed by atoms with Gasteiger partial charge in [0, 0.05) is 19.1 Å². The van der Waals surface area contributed by atoms with Crippen molar-refractivity contribution in [1.82, 2.24) is 14.9 Å². The Bertz CT molecular complexity index is 1090. The Morgan fingerprint density at radius 1 is 1.08 bits per heavy atom. The van der Waals surface area contributed by atoms with Crippen LogP contribution in [0, 0.1) is 20.8 Å². The molecule has 2 aliphatic rings. The molecule has 0 unspecified atom stereocenters. The van der Waals surface area contributed by atoms with E-state index in [1.165, 1.54) is 6.42 Å². The first-order chi connectivity index (χ1) is 17.5. The number of guanidine groups is 1. The summed E-state index contributed by atoms with van der Waals surface area (Å²) in [6.45, 7) is 6.13. The molecule has 1 aliphatic carbocycles. The molecule has 37 heavy (non-hydrogen) atoms. The molecule has 1 aromatic carbocycles. The summed E-state index contributed by atoms with van der Waals surface area (Å²) in [5.74, 6) is -0.517. The number of aryl methyl sites for hydroxylation is 3. The van der Waals surface area contributed by atoms with Crippen LogP contribution in [0.1, 0.15) is 74.5 Å². The molecule has 3 rings (SSSR count). The molecule has 1 saturated carbocycles. The third kappa shape index (κ3) is 7.67. The van der Waals surface area contributed by atoms with Gasteiger partial charge in [0.05, 0.1) is 10.9 Å². The molecule has 0 radical (unpaired) electrons. The molecule has 1 aromatic rings. The van der Waals surface area contributed by atoms with Crippen LogP contribution in [0.4, 0.5) is 0 Å². The highest BCUT2D eigenvalue weighted by Gasteiger charge is 2.36. The smallest absolute Gasteiger partial charge is 0.264 e. The molecular formula is C26H42N6O4S. The molecule has 206 valence electrons. The maximum atomic E-state index is 13.0. The Kier molecular flexibility index (Phi) is 9.94. The Labute approximate surface area is 220 Å². The summed E-state index contributed by atoms with van der Waals surface area (Å²) in [6, 6.07) is 2.59. The lowest BCUT2D eigenvalue weighted by atomic mass is 9.95. The van der Waals surface area contributed by atoms with E-state index in [-0.39, 0.29) is 35.3 Å². The summed E-state index contributed by atoms with van der Waals surface area (Å²) in [7, 11) is -3.87. The van der Waals surface area contributed by atoms with Crippen LogP contribution >= 0.6 is 0 Å². The highest BCUT2D eigenvalue weighted by molar-refractivity contribution is 7.90. The highest BCUT2D eigenvalue weighted by Crippen LogP contribution is 2.23. The molecule has 11 heteroatoms. The molecule has 2 fully saturated rings. The fourth-order valence-corrected chi connectivity index (χ4v) is 6.91. The number of hydrogen-bond acceptors (Lipinski definition) is 6. The van der Waals surface area contributed by atoms with Gasteiger partial charge >= 0.3 is 0 Å². The first kappa shape index (κ1) is 28.9. The minimum absolute atomic E-state index is 0.0753. The number of benzene rings is 1. The van der Waals surface area contributed by atoms with Crippen molar-refractivity contribution in [3.8, 4) is 0 Å². The van der Waals surface area contributed by atoms with Gasteiger partial charge in [-0.3, -0.25) is 14.6 Å². The number of nitrogens with two attached hydrogens (primary N) is 2. The average Bonchev–Trinajstić information content (AvgIpc) is 3.30. The zero-order valence-corrected chi connectivity index (χ0v) is 23.1. The normalized spacial score (nSPS) is 20.1. The number of rotatable bonds is 9. The van der Waals surface area contributed by atoms with Gasteiger partial charge in [0.15, 0.2) is 0 Å². The van der Waals surface area contributed by atoms with E-state index in [0.717, 1.165) is 37.7 Å². The number of carbonyl (C=O) groups is 2. The van der Waals surface area contributed by atoms with Crippen LogP contribution in [0.15, 0.2) is 22.0 Å². The van der Waals surface area contributed by atoms with Crippen LogP contribution in [0.3, 0.4) is 0 Å². The number of likely N-dealkylation sites (tertiary alicyclic amines) is 1. The largest absolute Gasteiger partial charge is 0.369 e. The van der Waals surface area contributed by atoms with Crippen LogP contribution in [0.5, 0.6) is 0 Å². The molecule has 1 heterocycles. The Balaban J connectivity index is 1.48. The van der Waals surface area contributed by atoms with Crippen LogP contribution in [-0.4, -0.2) is 62.3 Å². The Hall–Kier alpha value is -2.66. The van der Waals surface area contributed by atoms with Crippen LogP contribution in [0.25, 0.3) is 0 Å². The lowest BCUT2D eigenvalue weighted by Crippen LogP contribution is -2.52. The van der Waals surface area contributed by atoms with Gasteiger partial charge in [0.1, 0.15) is 6.04 Å². The van der Waals surface area contributed by atoms with Crippen molar-refractivity contribution in [3.05, 3.63) is 28.8 Å². The van der Waals surface area contributed by atoms with E-state index in [4.69, 9.17) is 11.5 Å². The molecule has 1 aliphatic heterocycles. The zero-order valence-electron chi connectivity index (χ0n) is 22.3. The summed E-state index contributed by atoms with van der Waals surface area (Å²) in [5, 5.41) is 3.13. The van der Waals surface area contributed by atoms with Gasteiger partial charge in [-0.15, -0.1) is 0 Å². The molecule has 10 nitrogen and oxygen atoms in total. The topological polar surface area (TPSA) is 160 Å². The van der Waals surface area contributed by atoms with Gasteiger partial charge in [-0.25, -0.2) is 13.1 Å². The molecule has 0 spiro atoms. The van der Waals surface area contributed by atoms with Gasteiger partial charge in [-0.2, -0.15) is 0 Å². The molecule has 0 bridgehead atoms. The third-order valence-electron chi connectivity index (χ3n) is 7.17. The van der Waals surface area contributed by atoms with Gasteiger partial charge in [0.25, 0.3) is 10.0 Å². The Morgan fingerprint density at radius 3 is 2.38 bits per heavy atom. The quantitative estimate of drug-likeness (QED) is 0.214. The van der Waals surface area contributed by atoms with Crippen molar-refractivity contribution in [1.29, 1.82) is 0 Å². The summed E-state index contributed by atoms with van der Waals surface area (Å²) in [5.41, 5.74) is 14.3. The lowest BCUT2D eigenvalue weighted by Gasteiger charge is -2.29. The monoisotopic (exact) mass is 534 g/mol. The minimum atomic E-state index is -3.87. The molecular weight excluding hydrogens is 492 g/mol. The van der Waals surface area contributed by atoms with E-state index in [2.05, 4.69) is 15.0 Å². The molecule has 2 amide bonds. The number of carbonyl (C=O) groups excluding carboxylic acids is 2. The maximum Gasteiger partial charge on any atom is 0.264 e. The van der Waals surface area contributed by atoms with E-state index in [1.807, 2.05) is 6.92 Å². The number of aliphatic imine (C=N–C) groups is 1. The van der Waals surface area contributed by atoms with E-state index >= 15 is 0 Å². The van der Waals surface area contributed by atoms with E-state index in [9.17, 15) is 18.0 Å². The van der Waals surface area contributed by atoms with Crippen LogP contribution < -0.4 is 21.5 Å². The fraction of sp³-hybridized carbons (Fsp3) is 0.654. The van der Waals surface area contributed by atoms with Crippen LogP contribution in [0.2, 0.25) is 0 Å². The Morgan fingerprint density at radius 2 is 1.73 bits per heavy atom. The van der Waals surface area contributed by atoms with Gasteiger partial charge in [-0.1, -0.05) is 37.0 Å². The summed E-state index contributed by atoms with van der Waals surface area (Å²) in [6.07, 6.45) is 7.69. The second kappa shape index (κ2) is 12.7. The average molecular weight is 535 g/mol. The lowest BCUT2D eigenvalue weighted by molar-refractivity contribution is -0.139. The number of amides is 2. The van der Waals surface area contributed by atoms with Crippen molar-refractivity contribution in [2.75, 3.05) is 13.1 Å². The predicted octanol–water partition coefficient (Wildman–Crippen LogP) is 1.75. The second-order valence-corrected chi connectivity index (χ2v) is 12.0. The number of sulfonamides is 1. The number of hydrogen-bond donors (Lipinski definition) is 4. The second-order valence-electron chi connectivity index (χ2n) is 10.4. The van der Waals surface area contributed by atoms with Crippen molar-refractivity contribution in [2.45, 2.75) is 102 Å². The number of nitrogens with zero attached hydrogens (tertiary/aromatic N) is 2. The molecule has 0 aromatic heterocycles. The molecule has 1 saturated heterocycles. The first-order valence-corrected chi connectivity index (χ1v) is 14.7. The summed E-state index contributed by atoms with van der Waals surface area (Å²) in [4.78, 5) is 31.7. The van der Waals surface area contributed by atoms with Crippen molar-refractivity contribution >= 4 is 27.8 Å². The SMILES string of the molecule is Cc1cc(C)c(S(=O)(=O)NC(N)=NCCC[C@H](N)C(=O)N2CCC[C@H]2C(=O)NC2CCCCC2)c(C)c1. The van der Waals surface area contributed by atoms with Gasteiger partial charge in [0.2, 0.25) is 17.8 Å². The minimum Gasteiger partial charge on any atom is -0.369 e. The van der Waals surface area contributed by atoms with E-state index in [0.29, 0.717) is 36.9 Å². The molecule has 6 N–H and O–H groups in total. The summed E-state index contributed by atoms with van der Waals surface area (Å²) >= 11 is 0.